The third-order valence-electron chi connectivity index (χ3n) is 2.73. The molecule has 2 rings (SSSR count). The fourth-order valence-corrected chi connectivity index (χ4v) is 3.13. The maximum Gasteiger partial charge on any atom is 0.429 e. The van der Waals surface area contributed by atoms with Gasteiger partial charge in [0.25, 0.3) is 0 Å². The summed E-state index contributed by atoms with van der Waals surface area (Å²) in [5, 5.41) is 9.26. The molecule has 1 aromatic heterocycles. The molecular formula is C12H6BrF6NOS. The van der Waals surface area contributed by atoms with Crippen LogP contribution in [0, 0.1) is 0 Å². The van der Waals surface area contributed by atoms with Crippen molar-refractivity contribution in [2.45, 2.75) is 12.4 Å². The zero-order valence-electron chi connectivity index (χ0n) is 10.3. The van der Waals surface area contributed by atoms with Crippen molar-refractivity contribution in [3.8, 4) is 16.9 Å². The molecule has 0 atom stereocenters. The summed E-state index contributed by atoms with van der Waals surface area (Å²) in [6.07, 6.45) is -9.55. The molecule has 1 aromatic carbocycles. The normalized spacial score (nSPS) is 12.7. The van der Waals surface area contributed by atoms with Crippen LogP contribution in [0.5, 0.6) is 5.75 Å². The summed E-state index contributed by atoms with van der Waals surface area (Å²) in [6, 6.07) is 2.79. The molecule has 0 saturated carbocycles. The lowest BCUT2D eigenvalue weighted by molar-refractivity contribution is -0.138. The summed E-state index contributed by atoms with van der Waals surface area (Å²) in [5.74, 6) is -1.18. The van der Waals surface area contributed by atoms with Crippen molar-refractivity contribution in [2.75, 3.05) is 5.73 Å². The van der Waals surface area contributed by atoms with Gasteiger partial charge in [-0.15, -0.1) is 11.3 Å². The van der Waals surface area contributed by atoms with Crippen LogP contribution in [0.4, 0.5) is 31.3 Å². The number of rotatable bonds is 1. The van der Waals surface area contributed by atoms with Crippen LogP contribution in [0.1, 0.15) is 10.4 Å². The third-order valence-corrected chi connectivity index (χ3v) is 4.47. The molecule has 0 radical (unpaired) electrons. The molecule has 0 bridgehead atoms. The molecule has 0 unspecified atom stereocenters. The zero-order chi connectivity index (χ0) is 16.9. The molecule has 0 aliphatic heterocycles. The van der Waals surface area contributed by atoms with Crippen molar-refractivity contribution >= 4 is 32.3 Å². The van der Waals surface area contributed by atoms with E-state index in [-0.39, 0.29) is 21.4 Å². The van der Waals surface area contributed by atoms with Gasteiger partial charge in [-0.3, -0.25) is 0 Å². The van der Waals surface area contributed by atoms with Crippen LogP contribution >= 0.6 is 27.3 Å². The van der Waals surface area contributed by atoms with Crippen LogP contribution in [0.2, 0.25) is 0 Å². The van der Waals surface area contributed by atoms with Crippen molar-refractivity contribution in [2.24, 2.45) is 0 Å². The van der Waals surface area contributed by atoms with Crippen LogP contribution in [0.3, 0.4) is 0 Å². The van der Waals surface area contributed by atoms with E-state index in [0.29, 0.717) is 6.07 Å². The number of thiophene rings is 1. The molecule has 1 heterocycles. The van der Waals surface area contributed by atoms with E-state index >= 15 is 0 Å². The van der Waals surface area contributed by atoms with E-state index in [1.54, 1.807) is 0 Å². The Kier molecular flexibility index (Phi) is 4.11. The molecule has 0 aliphatic rings. The Labute approximate surface area is 132 Å². The van der Waals surface area contributed by atoms with Gasteiger partial charge >= 0.3 is 12.4 Å². The molecule has 0 fully saturated rings. The van der Waals surface area contributed by atoms with Gasteiger partial charge in [0.1, 0.15) is 5.75 Å². The quantitative estimate of drug-likeness (QED) is 0.615. The molecule has 120 valence electrons. The van der Waals surface area contributed by atoms with Crippen molar-refractivity contribution < 1.29 is 31.4 Å². The minimum atomic E-state index is -4.84. The highest BCUT2D eigenvalue weighted by Crippen LogP contribution is 2.51. The van der Waals surface area contributed by atoms with Crippen molar-refractivity contribution in [3.63, 3.8) is 0 Å². The second-order valence-electron chi connectivity index (χ2n) is 4.21. The Hall–Kier alpha value is -1.42. The van der Waals surface area contributed by atoms with Gasteiger partial charge in [-0.25, -0.2) is 0 Å². The second kappa shape index (κ2) is 5.34. The minimum absolute atomic E-state index is 0.0701. The predicted molar refractivity (Wildman–Crippen MR) is 73.5 cm³/mol. The smallest absolute Gasteiger partial charge is 0.429 e. The zero-order valence-corrected chi connectivity index (χ0v) is 12.7. The average Bonchev–Trinajstić information content (AvgIpc) is 2.64. The first-order valence-electron chi connectivity index (χ1n) is 5.48. The number of benzene rings is 1. The van der Waals surface area contributed by atoms with Crippen LogP contribution in [0.25, 0.3) is 11.1 Å². The lowest BCUT2D eigenvalue weighted by Crippen LogP contribution is -2.06. The van der Waals surface area contributed by atoms with Crippen LogP contribution in [-0.2, 0) is 12.4 Å². The monoisotopic (exact) mass is 405 g/mol. The maximum atomic E-state index is 12.8. The summed E-state index contributed by atoms with van der Waals surface area (Å²) >= 11 is 2.79. The first-order valence-corrected chi connectivity index (χ1v) is 7.09. The summed E-state index contributed by atoms with van der Waals surface area (Å²) < 4.78 is 76.3. The summed E-state index contributed by atoms with van der Waals surface area (Å²) in [4.78, 5) is -1.35. The molecule has 0 amide bonds. The predicted octanol–water partition coefficient (Wildman–Crippen LogP) is 5.50. The number of nitrogen functional groups attached to an aromatic ring is 1. The first kappa shape index (κ1) is 16.9. The average molecular weight is 406 g/mol. The van der Waals surface area contributed by atoms with E-state index in [4.69, 9.17) is 5.73 Å². The maximum absolute atomic E-state index is 12.8. The van der Waals surface area contributed by atoms with Gasteiger partial charge in [0.15, 0.2) is 4.88 Å². The number of halogens is 7. The van der Waals surface area contributed by atoms with Gasteiger partial charge in [0.2, 0.25) is 0 Å². The minimum Gasteiger partial charge on any atom is -0.506 e. The van der Waals surface area contributed by atoms with Crippen LogP contribution < -0.4 is 5.73 Å². The Balaban J connectivity index is 2.66. The number of hydrogen-bond donors (Lipinski definition) is 2. The second-order valence-corrected chi connectivity index (χ2v) is 6.12. The summed E-state index contributed by atoms with van der Waals surface area (Å²) in [7, 11) is 0. The van der Waals surface area contributed by atoms with Gasteiger partial charge in [-0.05, 0) is 17.7 Å². The van der Waals surface area contributed by atoms with Crippen molar-refractivity contribution in [1.29, 1.82) is 0 Å². The van der Waals surface area contributed by atoms with Gasteiger partial charge in [-0.2, -0.15) is 26.3 Å². The van der Waals surface area contributed by atoms with Crippen LogP contribution in [0.15, 0.2) is 22.7 Å². The number of alkyl halides is 6. The SMILES string of the molecule is Nc1sc(C(F)(F)F)c(O)c1-c1ccc(Br)c(C(F)(F)F)c1. The number of hydrogen-bond acceptors (Lipinski definition) is 3. The fourth-order valence-electron chi connectivity index (χ4n) is 1.81. The highest BCUT2D eigenvalue weighted by atomic mass is 79.9. The Morgan fingerprint density at radius 2 is 1.64 bits per heavy atom. The molecule has 0 aliphatic carbocycles. The number of aromatic hydroxyl groups is 1. The molecule has 0 saturated heterocycles. The third kappa shape index (κ3) is 3.02. The number of nitrogens with two attached hydrogens (primary N) is 1. The van der Waals surface area contributed by atoms with Gasteiger partial charge < -0.3 is 10.8 Å². The van der Waals surface area contributed by atoms with E-state index in [0.717, 1.165) is 12.1 Å². The lowest BCUT2D eigenvalue weighted by atomic mass is 10.0. The molecular weight excluding hydrogens is 400 g/mol. The molecule has 10 heteroatoms. The van der Waals surface area contributed by atoms with E-state index in [9.17, 15) is 31.4 Å². The number of anilines is 1. The molecule has 22 heavy (non-hydrogen) atoms. The standard InChI is InChI=1S/C12H6BrF6NOS/c13-6-2-1-4(3-5(6)11(14,15)16)7-8(21)9(12(17,18)19)22-10(7)20/h1-3,21H,20H2. The fraction of sp³-hybridized carbons (Fsp3) is 0.167. The Morgan fingerprint density at radius 1 is 1.05 bits per heavy atom. The molecule has 2 nitrogen and oxygen atoms in total. The summed E-state index contributed by atoms with van der Waals surface area (Å²) in [6.45, 7) is 0. The molecule has 2 aromatic rings. The van der Waals surface area contributed by atoms with E-state index in [1.807, 2.05) is 0 Å². The lowest BCUT2D eigenvalue weighted by Gasteiger charge is -2.11. The van der Waals surface area contributed by atoms with Crippen molar-refractivity contribution in [3.05, 3.63) is 33.1 Å². The van der Waals surface area contributed by atoms with E-state index in [2.05, 4.69) is 15.9 Å². The highest BCUT2D eigenvalue weighted by molar-refractivity contribution is 9.10. The topological polar surface area (TPSA) is 46.2 Å². The molecule has 0 spiro atoms. The van der Waals surface area contributed by atoms with Gasteiger partial charge in [0.05, 0.1) is 16.1 Å². The Morgan fingerprint density at radius 3 is 2.09 bits per heavy atom. The highest BCUT2D eigenvalue weighted by Gasteiger charge is 2.39. The van der Waals surface area contributed by atoms with Crippen LogP contribution in [-0.4, -0.2) is 5.11 Å². The van der Waals surface area contributed by atoms with E-state index < -0.39 is 39.1 Å². The summed E-state index contributed by atoms with van der Waals surface area (Å²) in [5.41, 5.74) is 3.64. The molecule has 3 N–H and O–H groups in total. The Bertz CT molecular complexity index is 722. The van der Waals surface area contributed by atoms with Gasteiger partial charge in [0, 0.05) is 4.47 Å². The van der Waals surface area contributed by atoms with E-state index in [1.165, 1.54) is 0 Å². The van der Waals surface area contributed by atoms with Gasteiger partial charge in [-0.1, -0.05) is 22.0 Å². The van der Waals surface area contributed by atoms with Crippen molar-refractivity contribution in [1.82, 2.24) is 0 Å². The first-order chi connectivity index (χ1) is 9.93. The largest absolute Gasteiger partial charge is 0.506 e.